The van der Waals surface area contributed by atoms with E-state index in [0.29, 0.717) is 5.56 Å². The van der Waals surface area contributed by atoms with E-state index in [1.165, 1.54) is 0 Å². The summed E-state index contributed by atoms with van der Waals surface area (Å²) in [4.78, 5) is 15.7. The quantitative estimate of drug-likeness (QED) is 0.694. The van der Waals surface area contributed by atoms with Crippen molar-refractivity contribution in [2.45, 2.75) is 25.9 Å². The molecule has 0 atom stereocenters. The van der Waals surface area contributed by atoms with Crippen LogP contribution >= 0.6 is 11.3 Å². The first-order valence-electron chi connectivity index (χ1n) is 7.91. The zero-order valence-electron chi connectivity index (χ0n) is 13.9. The lowest BCUT2D eigenvalue weighted by Crippen LogP contribution is -2.11. The first kappa shape index (κ1) is 18.2. The second-order valence-corrected chi connectivity index (χ2v) is 6.89. The largest absolute Gasteiger partial charge is 0.417 e. The van der Waals surface area contributed by atoms with Crippen LogP contribution in [0.5, 0.6) is 0 Å². The number of nitrogens with two attached hydrogens (primary N) is 2. The lowest BCUT2D eigenvalue weighted by atomic mass is 10.0. The fraction of sp³-hybridized carbons (Fsp3) is 0.222. The lowest BCUT2D eigenvalue weighted by molar-refractivity contribution is -0.136. The second kappa shape index (κ2) is 6.60. The van der Waals surface area contributed by atoms with Gasteiger partial charge >= 0.3 is 6.18 Å². The Hall–Kier alpha value is -2.61. The number of primary amides is 1. The van der Waals surface area contributed by atoms with E-state index in [-0.39, 0.29) is 26.5 Å². The fourth-order valence-corrected chi connectivity index (χ4v) is 3.78. The highest BCUT2D eigenvalue weighted by atomic mass is 32.1. The summed E-state index contributed by atoms with van der Waals surface area (Å²) in [5.41, 5.74) is 11.6. The molecule has 0 unspecified atom stereocenters. The summed E-state index contributed by atoms with van der Waals surface area (Å²) in [6.45, 7) is 2.05. The molecule has 0 fully saturated rings. The molecule has 1 aromatic carbocycles. The summed E-state index contributed by atoms with van der Waals surface area (Å²) in [6, 6.07) is 8.19. The predicted molar refractivity (Wildman–Crippen MR) is 97.0 cm³/mol. The average molecular weight is 379 g/mol. The molecule has 2 aromatic heterocycles. The Labute approximate surface area is 151 Å². The summed E-state index contributed by atoms with van der Waals surface area (Å²) in [6.07, 6.45) is -2.77. The standard InChI is InChI=1S/C18H16F3N3OS/c1-2-3-9-4-6-10(7-5-9)12-8-11(18(19,20)21)13-14(22)15(16(23)25)26-17(13)24-12/h4-8H,2-3,22H2,1H3,(H2,23,25). The van der Waals surface area contributed by atoms with Crippen LogP contribution in [0.25, 0.3) is 21.5 Å². The molecule has 0 aliphatic rings. The molecule has 0 aliphatic heterocycles. The Kier molecular flexibility index (Phi) is 4.62. The first-order chi connectivity index (χ1) is 12.2. The van der Waals surface area contributed by atoms with Crippen molar-refractivity contribution in [2.75, 3.05) is 5.73 Å². The number of carbonyl (C=O) groups excluding carboxylic acids is 1. The minimum atomic E-state index is -4.64. The maximum atomic E-state index is 13.6. The maximum Gasteiger partial charge on any atom is 0.417 e. The number of rotatable bonds is 4. The Morgan fingerprint density at radius 2 is 1.88 bits per heavy atom. The zero-order chi connectivity index (χ0) is 19.1. The number of hydrogen-bond acceptors (Lipinski definition) is 4. The highest BCUT2D eigenvalue weighted by Crippen LogP contribution is 2.43. The van der Waals surface area contributed by atoms with Crippen LogP contribution < -0.4 is 11.5 Å². The third kappa shape index (κ3) is 3.24. The van der Waals surface area contributed by atoms with Crippen molar-refractivity contribution in [3.63, 3.8) is 0 Å². The van der Waals surface area contributed by atoms with E-state index in [4.69, 9.17) is 11.5 Å². The molecule has 4 N–H and O–H groups in total. The number of amides is 1. The van der Waals surface area contributed by atoms with E-state index >= 15 is 0 Å². The van der Waals surface area contributed by atoms with Crippen molar-refractivity contribution in [1.82, 2.24) is 4.98 Å². The van der Waals surface area contributed by atoms with Crippen LogP contribution in [-0.2, 0) is 12.6 Å². The van der Waals surface area contributed by atoms with Crippen LogP contribution in [0.15, 0.2) is 30.3 Å². The topological polar surface area (TPSA) is 82.0 Å². The molecule has 4 nitrogen and oxygen atoms in total. The van der Waals surface area contributed by atoms with Gasteiger partial charge in [-0.25, -0.2) is 4.98 Å². The Balaban J connectivity index is 2.23. The number of halogens is 3. The highest BCUT2D eigenvalue weighted by Gasteiger charge is 2.36. The molecule has 0 bridgehead atoms. The number of aryl methyl sites for hydroxylation is 1. The molecule has 3 rings (SSSR count). The van der Waals surface area contributed by atoms with Crippen LogP contribution in [0.4, 0.5) is 18.9 Å². The Morgan fingerprint density at radius 3 is 2.42 bits per heavy atom. The van der Waals surface area contributed by atoms with Crippen LogP contribution in [-0.4, -0.2) is 10.9 Å². The van der Waals surface area contributed by atoms with Crippen molar-refractivity contribution >= 4 is 33.1 Å². The number of fused-ring (bicyclic) bond motifs is 1. The van der Waals surface area contributed by atoms with E-state index in [1.54, 1.807) is 12.1 Å². The molecule has 0 aliphatic carbocycles. The molecule has 8 heteroatoms. The van der Waals surface area contributed by atoms with E-state index in [2.05, 4.69) is 11.9 Å². The van der Waals surface area contributed by atoms with Gasteiger partial charge in [0, 0.05) is 10.9 Å². The molecule has 1 amide bonds. The molecule has 0 spiro atoms. The number of pyridine rings is 1. The average Bonchev–Trinajstić information content (AvgIpc) is 2.91. The van der Waals surface area contributed by atoms with E-state index in [9.17, 15) is 18.0 Å². The number of thiophene rings is 1. The molecule has 0 saturated heterocycles. The molecular formula is C18H16F3N3OS. The first-order valence-corrected chi connectivity index (χ1v) is 8.73. The number of aromatic nitrogens is 1. The predicted octanol–water partition coefficient (Wildman–Crippen LogP) is 4.62. The van der Waals surface area contributed by atoms with Crippen molar-refractivity contribution < 1.29 is 18.0 Å². The molecule has 26 heavy (non-hydrogen) atoms. The summed E-state index contributed by atoms with van der Waals surface area (Å²) in [5, 5.41) is -0.275. The highest BCUT2D eigenvalue weighted by molar-refractivity contribution is 7.21. The number of carbonyl (C=O) groups is 1. The smallest absolute Gasteiger partial charge is 0.397 e. The number of benzene rings is 1. The number of nitrogens with zero attached hydrogens (tertiary/aromatic N) is 1. The number of anilines is 1. The summed E-state index contributed by atoms with van der Waals surface area (Å²) >= 11 is 0.772. The van der Waals surface area contributed by atoms with Gasteiger partial charge < -0.3 is 11.5 Å². The summed E-state index contributed by atoms with van der Waals surface area (Å²) < 4.78 is 40.7. The van der Waals surface area contributed by atoms with Crippen molar-refractivity contribution in [3.8, 4) is 11.3 Å². The summed E-state index contributed by atoms with van der Waals surface area (Å²) in [7, 11) is 0. The van der Waals surface area contributed by atoms with Gasteiger partial charge in [0.1, 0.15) is 9.71 Å². The van der Waals surface area contributed by atoms with Crippen molar-refractivity contribution in [2.24, 2.45) is 5.73 Å². The Bertz CT molecular complexity index is 978. The number of alkyl halides is 3. The van der Waals surface area contributed by atoms with Crippen molar-refractivity contribution in [1.29, 1.82) is 0 Å². The minimum absolute atomic E-state index is 0.0405. The van der Waals surface area contributed by atoms with Crippen LogP contribution in [0, 0.1) is 0 Å². The number of hydrogen-bond donors (Lipinski definition) is 2. The second-order valence-electron chi connectivity index (χ2n) is 5.89. The molecule has 0 saturated carbocycles. The maximum absolute atomic E-state index is 13.6. The van der Waals surface area contributed by atoms with Crippen LogP contribution in [0.3, 0.4) is 0 Å². The fourth-order valence-electron chi connectivity index (χ4n) is 2.81. The van der Waals surface area contributed by atoms with E-state index < -0.39 is 17.6 Å². The van der Waals surface area contributed by atoms with Gasteiger partial charge in [-0.2, -0.15) is 13.2 Å². The van der Waals surface area contributed by atoms with Crippen LogP contribution in [0.2, 0.25) is 0 Å². The SMILES string of the molecule is CCCc1ccc(-c2cc(C(F)(F)F)c3c(N)c(C(N)=O)sc3n2)cc1. The van der Waals surface area contributed by atoms with Crippen molar-refractivity contribution in [3.05, 3.63) is 46.3 Å². The van der Waals surface area contributed by atoms with Gasteiger partial charge in [-0.05, 0) is 18.1 Å². The lowest BCUT2D eigenvalue weighted by Gasteiger charge is -2.11. The van der Waals surface area contributed by atoms with Gasteiger partial charge in [-0.1, -0.05) is 37.6 Å². The molecule has 136 valence electrons. The molecular weight excluding hydrogens is 363 g/mol. The Morgan fingerprint density at radius 1 is 1.23 bits per heavy atom. The van der Waals surface area contributed by atoms with E-state index in [0.717, 1.165) is 35.8 Å². The normalized spacial score (nSPS) is 11.8. The van der Waals surface area contributed by atoms with Gasteiger partial charge in [0.25, 0.3) is 5.91 Å². The van der Waals surface area contributed by atoms with Gasteiger partial charge in [0.05, 0.1) is 16.9 Å². The molecule has 0 radical (unpaired) electrons. The van der Waals surface area contributed by atoms with Gasteiger partial charge in [-0.15, -0.1) is 11.3 Å². The molecule has 3 aromatic rings. The monoisotopic (exact) mass is 379 g/mol. The van der Waals surface area contributed by atoms with Gasteiger partial charge in [-0.3, -0.25) is 4.79 Å². The number of nitrogen functional groups attached to an aromatic ring is 1. The minimum Gasteiger partial charge on any atom is -0.397 e. The van der Waals surface area contributed by atoms with Gasteiger partial charge in [0.15, 0.2) is 0 Å². The van der Waals surface area contributed by atoms with Crippen LogP contribution in [0.1, 0.15) is 34.1 Å². The van der Waals surface area contributed by atoms with E-state index in [1.807, 2.05) is 12.1 Å². The third-order valence-corrected chi connectivity index (χ3v) is 5.13. The molecule has 2 heterocycles. The third-order valence-electron chi connectivity index (χ3n) is 4.02. The summed E-state index contributed by atoms with van der Waals surface area (Å²) in [5.74, 6) is -0.871. The van der Waals surface area contributed by atoms with Gasteiger partial charge in [0.2, 0.25) is 0 Å². The zero-order valence-corrected chi connectivity index (χ0v) is 14.7.